The summed E-state index contributed by atoms with van der Waals surface area (Å²) in [5.74, 6) is -0.102. The maximum atomic E-state index is 12.4. The molecule has 1 aromatic carbocycles. The Morgan fingerprint density at radius 2 is 2.00 bits per heavy atom. The molecule has 0 aromatic heterocycles. The van der Waals surface area contributed by atoms with E-state index in [1.807, 2.05) is 6.07 Å². The third-order valence-corrected chi connectivity index (χ3v) is 4.46. The van der Waals surface area contributed by atoms with Gasteiger partial charge in [-0.2, -0.15) is 5.26 Å². The Bertz CT molecular complexity index is 761. The molecule has 0 atom stereocenters. The van der Waals surface area contributed by atoms with E-state index in [0.29, 0.717) is 17.1 Å². The van der Waals surface area contributed by atoms with E-state index in [1.54, 1.807) is 25.1 Å². The van der Waals surface area contributed by atoms with Crippen LogP contribution in [0, 0.1) is 11.3 Å². The summed E-state index contributed by atoms with van der Waals surface area (Å²) in [6.07, 6.45) is 6.76. The van der Waals surface area contributed by atoms with Crippen LogP contribution in [0.2, 0.25) is 0 Å². The van der Waals surface area contributed by atoms with Gasteiger partial charge in [-0.05, 0) is 43.5 Å². The zero-order chi connectivity index (χ0) is 20.4. The molecule has 0 heterocycles. The van der Waals surface area contributed by atoms with Gasteiger partial charge >= 0.3 is 5.97 Å². The van der Waals surface area contributed by atoms with Crippen LogP contribution in [0.1, 0.15) is 44.6 Å². The van der Waals surface area contributed by atoms with Crippen molar-refractivity contribution in [3.05, 3.63) is 29.3 Å². The molecule has 1 aliphatic rings. The fourth-order valence-electron chi connectivity index (χ4n) is 3.06. The molecule has 1 fully saturated rings. The summed E-state index contributed by atoms with van der Waals surface area (Å²) in [4.78, 5) is 23.9. The second-order valence-corrected chi connectivity index (χ2v) is 6.48. The first-order valence-corrected chi connectivity index (χ1v) is 9.46. The molecule has 7 nitrogen and oxygen atoms in total. The average molecular weight is 386 g/mol. The lowest BCUT2D eigenvalue weighted by molar-refractivity contribution is -0.145. The van der Waals surface area contributed by atoms with E-state index >= 15 is 0 Å². The molecular weight excluding hydrogens is 360 g/mol. The standard InChI is InChI=1S/C21H26N2O5/c1-3-27-20(24)14-28-19-12-15(9-10-18(19)26-2)11-16(13-22)21(25)23-17-7-5-4-6-8-17/h9-12,17H,3-8,14H2,1-2H3,(H,23,25)/b16-11-. The maximum Gasteiger partial charge on any atom is 0.344 e. The van der Waals surface area contributed by atoms with Crippen molar-refractivity contribution < 1.29 is 23.8 Å². The lowest BCUT2D eigenvalue weighted by Crippen LogP contribution is -2.36. The Balaban J connectivity index is 2.12. The third kappa shape index (κ3) is 6.31. The van der Waals surface area contributed by atoms with Crippen LogP contribution < -0.4 is 14.8 Å². The van der Waals surface area contributed by atoms with Crippen LogP contribution in [0.3, 0.4) is 0 Å². The van der Waals surface area contributed by atoms with E-state index < -0.39 is 5.97 Å². The van der Waals surface area contributed by atoms with Gasteiger partial charge in [0, 0.05) is 6.04 Å². The van der Waals surface area contributed by atoms with E-state index in [-0.39, 0.29) is 30.7 Å². The molecule has 1 amide bonds. The number of rotatable bonds is 8. The number of amides is 1. The van der Waals surface area contributed by atoms with Gasteiger partial charge in [-0.3, -0.25) is 4.79 Å². The Morgan fingerprint density at radius 3 is 2.64 bits per heavy atom. The quantitative estimate of drug-likeness (QED) is 0.419. The van der Waals surface area contributed by atoms with Crippen molar-refractivity contribution in [1.29, 1.82) is 5.26 Å². The Hall–Kier alpha value is -3.01. The normalized spacial score (nSPS) is 14.7. The van der Waals surface area contributed by atoms with Crippen molar-refractivity contribution in [2.24, 2.45) is 0 Å². The van der Waals surface area contributed by atoms with Crippen LogP contribution in [-0.2, 0) is 14.3 Å². The van der Waals surface area contributed by atoms with Crippen molar-refractivity contribution in [1.82, 2.24) is 5.32 Å². The summed E-state index contributed by atoms with van der Waals surface area (Å²) in [6.45, 7) is 1.72. The Morgan fingerprint density at radius 1 is 1.25 bits per heavy atom. The Kier molecular flexibility index (Phi) is 8.35. The average Bonchev–Trinajstić information content (AvgIpc) is 2.71. The van der Waals surface area contributed by atoms with Crippen LogP contribution in [0.4, 0.5) is 0 Å². The van der Waals surface area contributed by atoms with Gasteiger partial charge in [0.25, 0.3) is 5.91 Å². The number of nitriles is 1. The SMILES string of the molecule is CCOC(=O)COc1cc(/C=C(/C#N)C(=O)NC2CCCCC2)ccc1OC. The van der Waals surface area contributed by atoms with E-state index in [2.05, 4.69) is 5.32 Å². The number of carbonyl (C=O) groups is 2. The second-order valence-electron chi connectivity index (χ2n) is 6.48. The molecule has 2 rings (SSSR count). The highest BCUT2D eigenvalue weighted by molar-refractivity contribution is 6.01. The largest absolute Gasteiger partial charge is 0.493 e. The molecule has 1 aromatic rings. The summed E-state index contributed by atoms with van der Waals surface area (Å²) in [5.41, 5.74) is 0.613. The van der Waals surface area contributed by atoms with Crippen molar-refractivity contribution in [2.45, 2.75) is 45.1 Å². The number of hydrogen-bond donors (Lipinski definition) is 1. The van der Waals surface area contributed by atoms with Crippen molar-refractivity contribution in [3.63, 3.8) is 0 Å². The lowest BCUT2D eigenvalue weighted by atomic mass is 9.95. The summed E-state index contributed by atoms with van der Waals surface area (Å²) in [7, 11) is 1.49. The molecule has 1 N–H and O–H groups in total. The first kappa shape index (κ1) is 21.3. The minimum atomic E-state index is -0.491. The zero-order valence-electron chi connectivity index (χ0n) is 16.3. The summed E-state index contributed by atoms with van der Waals surface area (Å²) in [5, 5.41) is 12.3. The highest BCUT2D eigenvalue weighted by Gasteiger charge is 2.18. The molecule has 150 valence electrons. The topological polar surface area (TPSA) is 97.7 Å². The third-order valence-electron chi connectivity index (χ3n) is 4.46. The van der Waals surface area contributed by atoms with Gasteiger partial charge in [-0.15, -0.1) is 0 Å². The van der Waals surface area contributed by atoms with E-state index in [4.69, 9.17) is 14.2 Å². The molecule has 0 spiro atoms. The first-order chi connectivity index (χ1) is 13.6. The van der Waals surface area contributed by atoms with E-state index in [0.717, 1.165) is 25.7 Å². The number of methoxy groups -OCH3 is 1. The minimum absolute atomic E-state index is 0.0204. The summed E-state index contributed by atoms with van der Waals surface area (Å²) >= 11 is 0. The summed E-state index contributed by atoms with van der Waals surface area (Å²) < 4.78 is 15.5. The number of hydrogen-bond acceptors (Lipinski definition) is 6. The van der Waals surface area contributed by atoms with Crippen molar-refractivity contribution >= 4 is 18.0 Å². The maximum absolute atomic E-state index is 12.4. The fraction of sp³-hybridized carbons (Fsp3) is 0.476. The number of esters is 1. The van der Waals surface area contributed by atoms with Crippen LogP contribution in [0.15, 0.2) is 23.8 Å². The highest BCUT2D eigenvalue weighted by atomic mass is 16.6. The number of ether oxygens (including phenoxy) is 3. The second kappa shape index (κ2) is 11.0. The number of nitrogens with one attached hydrogen (secondary N) is 1. The van der Waals surface area contributed by atoms with E-state index in [1.165, 1.54) is 19.6 Å². The van der Waals surface area contributed by atoms with Gasteiger partial charge in [-0.1, -0.05) is 25.3 Å². The fourth-order valence-corrected chi connectivity index (χ4v) is 3.06. The van der Waals surface area contributed by atoms with E-state index in [9.17, 15) is 14.9 Å². The number of nitrogens with zero attached hydrogens (tertiary/aromatic N) is 1. The first-order valence-electron chi connectivity index (χ1n) is 9.46. The van der Waals surface area contributed by atoms with Crippen LogP contribution in [0.25, 0.3) is 6.08 Å². The lowest BCUT2D eigenvalue weighted by Gasteiger charge is -2.22. The van der Waals surface area contributed by atoms with Crippen molar-refractivity contribution in [2.75, 3.05) is 20.3 Å². The molecule has 1 aliphatic carbocycles. The predicted octanol–water partition coefficient (Wildman–Crippen LogP) is 2.99. The van der Waals surface area contributed by atoms with Gasteiger partial charge < -0.3 is 19.5 Å². The molecule has 0 radical (unpaired) electrons. The molecule has 1 saturated carbocycles. The van der Waals surface area contributed by atoms with Gasteiger partial charge in [0.15, 0.2) is 18.1 Å². The molecule has 7 heteroatoms. The molecule has 28 heavy (non-hydrogen) atoms. The smallest absolute Gasteiger partial charge is 0.344 e. The molecule has 0 bridgehead atoms. The molecule has 0 aliphatic heterocycles. The van der Waals surface area contributed by atoms with Gasteiger partial charge in [0.2, 0.25) is 0 Å². The minimum Gasteiger partial charge on any atom is -0.493 e. The van der Waals surface area contributed by atoms with Gasteiger partial charge in [0.05, 0.1) is 13.7 Å². The molecule has 0 saturated heterocycles. The van der Waals surface area contributed by atoms with Gasteiger partial charge in [-0.25, -0.2) is 4.79 Å². The number of benzene rings is 1. The monoisotopic (exact) mass is 386 g/mol. The number of carbonyl (C=O) groups excluding carboxylic acids is 2. The van der Waals surface area contributed by atoms with Crippen LogP contribution in [0.5, 0.6) is 11.5 Å². The molecular formula is C21H26N2O5. The highest BCUT2D eigenvalue weighted by Crippen LogP contribution is 2.29. The molecule has 0 unspecified atom stereocenters. The van der Waals surface area contributed by atoms with Crippen molar-refractivity contribution in [3.8, 4) is 17.6 Å². The summed E-state index contributed by atoms with van der Waals surface area (Å²) in [6, 6.07) is 7.06. The van der Waals surface area contributed by atoms with Gasteiger partial charge in [0.1, 0.15) is 11.6 Å². The Labute approximate surface area is 165 Å². The van der Waals surface area contributed by atoms with Crippen LogP contribution in [-0.4, -0.2) is 38.2 Å². The van der Waals surface area contributed by atoms with Crippen LogP contribution >= 0.6 is 0 Å². The predicted molar refractivity (Wildman–Crippen MR) is 104 cm³/mol. The zero-order valence-corrected chi connectivity index (χ0v) is 16.3.